The summed E-state index contributed by atoms with van der Waals surface area (Å²) in [6.45, 7) is 2.57. The largest absolute Gasteiger partial charge is 0.489 e. The monoisotopic (exact) mass is 405 g/mol. The number of carbonyl (C=O) groups excluding carboxylic acids is 2. The molecule has 0 saturated carbocycles. The van der Waals surface area contributed by atoms with E-state index in [4.69, 9.17) is 4.74 Å². The minimum atomic E-state index is -0.775. The van der Waals surface area contributed by atoms with Crippen LogP contribution in [0.3, 0.4) is 0 Å². The van der Waals surface area contributed by atoms with Gasteiger partial charge in [0.15, 0.2) is 6.04 Å². The molecule has 1 fully saturated rings. The first kappa shape index (κ1) is 19.0. The third-order valence-corrected chi connectivity index (χ3v) is 5.46. The van der Waals surface area contributed by atoms with Crippen LogP contribution in [0, 0.1) is 6.92 Å². The van der Waals surface area contributed by atoms with E-state index in [1.54, 1.807) is 12.3 Å². The summed E-state index contributed by atoms with van der Waals surface area (Å²) in [5.41, 5.74) is 2.86. The van der Waals surface area contributed by atoms with Crippen molar-refractivity contribution in [1.29, 1.82) is 0 Å². The Morgan fingerprint density at radius 2 is 1.90 bits per heavy atom. The molecule has 6 nitrogen and oxygen atoms in total. The highest BCUT2D eigenvalue weighted by Gasteiger charge is 2.33. The molecule has 2 N–H and O–H groups in total. The average Bonchev–Trinajstić information content (AvgIpc) is 3.06. The van der Waals surface area contributed by atoms with Gasteiger partial charge in [0.1, 0.15) is 12.4 Å². The summed E-state index contributed by atoms with van der Waals surface area (Å²) in [6.07, 6.45) is 1.61. The van der Waals surface area contributed by atoms with Crippen LogP contribution in [-0.4, -0.2) is 16.9 Å². The minimum absolute atomic E-state index is 0.393. The van der Waals surface area contributed by atoms with Crippen LogP contribution in [0.5, 0.6) is 5.75 Å². The van der Waals surface area contributed by atoms with E-state index in [1.165, 1.54) is 17.3 Å². The van der Waals surface area contributed by atoms with Gasteiger partial charge in [-0.1, -0.05) is 41.6 Å². The number of hydrogen-bond donors (Lipinski definition) is 2. The highest BCUT2D eigenvalue weighted by atomic mass is 32.2. The molecule has 1 unspecified atom stereocenters. The molecule has 0 aliphatic carbocycles. The van der Waals surface area contributed by atoms with Crippen molar-refractivity contribution in [3.63, 3.8) is 0 Å². The van der Waals surface area contributed by atoms with Crippen molar-refractivity contribution in [2.45, 2.75) is 29.4 Å². The first-order valence-corrected chi connectivity index (χ1v) is 9.93. The maximum absolute atomic E-state index is 12.0. The fraction of sp³-hybridized carbons (Fsp3) is 0.136. The van der Waals surface area contributed by atoms with Gasteiger partial charge < -0.3 is 10.1 Å². The van der Waals surface area contributed by atoms with Crippen molar-refractivity contribution in [2.24, 2.45) is 0 Å². The number of benzene rings is 2. The quantitative estimate of drug-likeness (QED) is 0.606. The molecule has 3 amide bonds. The fourth-order valence-electron chi connectivity index (χ4n) is 3.01. The Labute approximate surface area is 172 Å². The second-order valence-electron chi connectivity index (χ2n) is 6.63. The molecular weight excluding hydrogens is 386 g/mol. The number of imide groups is 1. The molecule has 146 valence electrons. The summed E-state index contributed by atoms with van der Waals surface area (Å²) in [4.78, 5) is 29.5. The zero-order valence-corrected chi connectivity index (χ0v) is 16.5. The van der Waals surface area contributed by atoms with E-state index in [0.29, 0.717) is 12.3 Å². The number of nitrogens with one attached hydrogen (secondary N) is 2. The van der Waals surface area contributed by atoms with Crippen LogP contribution in [0.1, 0.15) is 22.9 Å². The molecule has 0 radical (unpaired) electrons. The summed E-state index contributed by atoms with van der Waals surface area (Å²) in [5, 5.41) is 4.84. The highest BCUT2D eigenvalue weighted by Crippen LogP contribution is 2.33. The summed E-state index contributed by atoms with van der Waals surface area (Å²) < 4.78 is 5.86. The molecule has 0 spiro atoms. The number of rotatable bonds is 6. The normalized spacial score (nSPS) is 15.7. The number of ether oxygens (including phenoxy) is 1. The van der Waals surface area contributed by atoms with Gasteiger partial charge in [-0.25, -0.2) is 4.79 Å². The number of amides is 3. The van der Waals surface area contributed by atoms with Crippen molar-refractivity contribution in [3.05, 3.63) is 83.7 Å². The van der Waals surface area contributed by atoms with Crippen LogP contribution in [0.2, 0.25) is 0 Å². The second kappa shape index (κ2) is 8.36. The van der Waals surface area contributed by atoms with E-state index in [0.717, 1.165) is 21.1 Å². The lowest BCUT2D eigenvalue weighted by atomic mass is 10.1. The van der Waals surface area contributed by atoms with Crippen molar-refractivity contribution in [2.75, 3.05) is 0 Å². The molecule has 1 aliphatic heterocycles. The molecule has 3 aromatic rings. The van der Waals surface area contributed by atoms with Crippen LogP contribution in [0.15, 0.2) is 76.7 Å². The first-order chi connectivity index (χ1) is 14.1. The molecule has 1 aliphatic rings. The molecule has 4 rings (SSSR count). The van der Waals surface area contributed by atoms with E-state index < -0.39 is 18.0 Å². The number of aryl methyl sites for hydroxylation is 1. The zero-order chi connectivity index (χ0) is 20.2. The van der Waals surface area contributed by atoms with Gasteiger partial charge in [0.2, 0.25) is 0 Å². The van der Waals surface area contributed by atoms with Crippen molar-refractivity contribution in [3.8, 4) is 5.75 Å². The lowest BCUT2D eigenvalue weighted by Gasteiger charge is -2.12. The van der Waals surface area contributed by atoms with Crippen molar-refractivity contribution < 1.29 is 14.3 Å². The molecule has 2 aromatic carbocycles. The van der Waals surface area contributed by atoms with Gasteiger partial charge in [0.05, 0.1) is 5.69 Å². The van der Waals surface area contributed by atoms with E-state index in [1.807, 2.05) is 42.5 Å². The van der Waals surface area contributed by atoms with E-state index >= 15 is 0 Å². The number of aromatic nitrogens is 1. The van der Waals surface area contributed by atoms with Gasteiger partial charge in [-0.15, -0.1) is 0 Å². The molecule has 1 atom stereocenters. The predicted molar refractivity (Wildman–Crippen MR) is 110 cm³/mol. The molecule has 0 bridgehead atoms. The van der Waals surface area contributed by atoms with Gasteiger partial charge in [0, 0.05) is 16.0 Å². The van der Waals surface area contributed by atoms with E-state index in [2.05, 4.69) is 34.7 Å². The molecule has 7 heteroatoms. The Morgan fingerprint density at radius 3 is 2.62 bits per heavy atom. The van der Waals surface area contributed by atoms with Gasteiger partial charge in [-0.3, -0.25) is 15.1 Å². The molecule has 29 heavy (non-hydrogen) atoms. The first-order valence-electron chi connectivity index (χ1n) is 9.11. The van der Waals surface area contributed by atoms with Gasteiger partial charge in [0.25, 0.3) is 5.91 Å². The van der Waals surface area contributed by atoms with Crippen molar-refractivity contribution >= 4 is 23.7 Å². The lowest BCUT2D eigenvalue weighted by Crippen LogP contribution is -2.22. The summed E-state index contributed by atoms with van der Waals surface area (Å²) >= 11 is 1.48. The number of pyridine rings is 1. The van der Waals surface area contributed by atoms with E-state index in [9.17, 15) is 9.59 Å². The van der Waals surface area contributed by atoms with Crippen LogP contribution >= 0.6 is 11.8 Å². The smallest absolute Gasteiger partial charge is 0.322 e. The zero-order valence-electron chi connectivity index (χ0n) is 15.7. The highest BCUT2D eigenvalue weighted by molar-refractivity contribution is 7.99. The molecular formula is C22H19N3O3S. The molecule has 1 aromatic heterocycles. The number of nitrogens with zero attached hydrogens (tertiary/aromatic N) is 1. The van der Waals surface area contributed by atoms with Crippen LogP contribution in [0.4, 0.5) is 4.79 Å². The lowest BCUT2D eigenvalue weighted by molar-refractivity contribution is -0.120. The Balaban J connectivity index is 1.44. The van der Waals surface area contributed by atoms with Gasteiger partial charge in [-0.05, 0) is 48.9 Å². The molecule has 1 saturated heterocycles. The predicted octanol–water partition coefficient (Wildman–Crippen LogP) is 4.00. The average molecular weight is 405 g/mol. The third kappa shape index (κ3) is 4.57. The Kier molecular flexibility index (Phi) is 5.48. The summed E-state index contributed by atoms with van der Waals surface area (Å²) in [5.74, 6) is 0.389. The maximum Gasteiger partial charge on any atom is 0.322 e. The molecule has 2 heterocycles. The standard InChI is InChI=1S/C22H19N3O3S/c1-14-4-2-5-15(12-14)13-28-16-7-9-17(10-8-16)29-18-6-3-11-23-19(18)20-21(26)25-22(27)24-20/h2-12,20H,13H2,1H3,(H2,24,25,26,27). The van der Waals surface area contributed by atoms with Gasteiger partial charge in [-0.2, -0.15) is 0 Å². The van der Waals surface area contributed by atoms with Crippen molar-refractivity contribution in [1.82, 2.24) is 15.6 Å². The summed E-state index contributed by atoms with van der Waals surface area (Å²) in [7, 11) is 0. The third-order valence-electron chi connectivity index (χ3n) is 4.39. The Bertz CT molecular complexity index is 1050. The summed E-state index contributed by atoms with van der Waals surface area (Å²) in [6, 6.07) is 18.4. The van der Waals surface area contributed by atoms with E-state index in [-0.39, 0.29) is 0 Å². The minimum Gasteiger partial charge on any atom is -0.489 e. The van der Waals surface area contributed by atoms with Crippen LogP contribution in [-0.2, 0) is 11.4 Å². The van der Waals surface area contributed by atoms with Gasteiger partial charge >= 0.3 is 6.03 Å². The SMILES string of the molecule is Cc1cccc(COc2ccc(Sc3cccnc3C3NC(=O)NC3=O)cc2)c1. The van der Waals surface area contributed by atoms with Crippen LogP contribution in [0.25, 0.3) is 0 Å². The number of carbonyl (C=O) groups is 2. The number of hydrogen-bond acceptors (Lipinski definition) is 5. The Hall–Kier alpha value is -3.32. The fourth-order valence-corrected chi connectivity index (χ4v) is 3.96. The Morgan fingerprint density at radius 1 is 1.07 bits per heavy atom. The number of urea groups is 1. The van der Waals surface area contributed by atoms with Crippen LogP contribution < -0.4 is 15.4 Å². The second-order valence-corrected chi connectivity index (χ2v) is 7.75. The maximum atomic E-state index is 12.0. The topological polar surface area (TPSA) is 80.3 Å².